The van der Waals surface area contributed by atoms with Crippen molar-refractivity contribution in [2.24, 2.45) is 17.8 Å². The minimum atomic E-state index is -3.81. The van der Waals surface area contributed by atoms with E-state index in [4.69, 9.17) is 0 Å². The molecule has 0 unspecified atom stereocenters. The third-order valence-corrected chi connectivity index (χ3v) is 9.72. The van der Waals surface area contributed by atoms with Gasteiger partial charge in [-0.1, -0.05) is 89.7 Å². The molecule has 1 nitrogen and oxygen atoms in total. The Morgan fingerprint density at radius 3 is 1.76 bits per heavy atom. The topological polar surface area (TPSA) is 9.23 Å². The molecule has 41 heavy (non-hydrogen) atoms. The van der Waals surface area contributed by atoms with E-state index in [0.717, 1.165) is 36.2 Å². The van der Waals surface area contributed by atoms with E-state index >= 15 is 0 Å². The summed E-state index contributed by atoms with van der Waals surface area (Å²) in [5, 5.41) is 0. The molecule has 0 spiro atoms. The molecule has 0 heterocycles. The number of halogens is 5. The zero-order valence-electron chi connectivity index (χ0n) is 24.6. The Balaban J connectivity index is 1.16. The maximum Gasteiger partial charge on any atom is 0.426 e. The SMILES string of the molecule is CCCCCCCCCCC1CCC(C2CCC(c3ccc(C(F)(F)Oc4cc(F)c(F)c(F)c4)cc3)CC2)CC1. The molecule has 2 aliphatic rings. The second-order valence-electron chi connectivity index (χ2n) is 12.6. The lowest BCUT2D eigenvalue weighted by Gasteiger charge is -2.38. The lowest BCUT2D eigenvalue weighted by Crippen LogP contribution is -2.25. The summed E-state index contributed by atoms with van der Waals surface area (Å²) < 4.78 is 73.8. The first-order valence-corrected chi connectivity index (χ1v) is 16.1. The zero-order chi connectivity index (χ0) is 29.2. The largest absolute Gasteiger partial charge is 0.429 e. The van der Waals surface area contributed by atoms with E-state index in [1.807, 2.05) is 0 Å². The van der Waals surface area contributed by atoms with Crippen molar-refractivity contribution in [2.45, 2.75) is 128 Å². The summed E-state index contributed by atoms with van der Waals surface area (Å²) >= 11 is 0. The van der Waals surface area contributed by atoms with Crippen LogP contribution in [0.25, 0.3) is 0 Å². The van der Waals surface area contributed by atoms with Crippen LogP contribution < -0.4 is 4.74 Å². The number of benzene rings is 2. The summed E-state index contributed by atoms with van der Waals surface area (Å²) in [5.41, 5.74) is 0.625. The van der Waals surface area contributed by atoms with Crippen LogP contribution in [0.2, 0.25) is 0 Å². The molecule has 2 aromatic rings. The van der Waals surface area contributed by atoms with Crippen molar-refractivity contribution in [1.82, 2.24) is 0 Å². The van der Waals surface area contributed by atoms with Crippen molar-refractivity contribution in [1.29, 1.82) is 0 Å². The summed E-state index contributed by atoms with van der Waals surface area (Å²) in [6, 6.07) is 6.88. The molecule has 4 rings (SSSR count). The maximum atomic E-state index is 14.7. The van der Waals surface area contributed by atoms with Gasteiger partial charge in [-0.25, -0.2) is 13.2 Å². The smallest absolute Gasteiger partial charge is 0.426 e. The molecule has 228 valence electrons. The van der Waals surface area contributed by atoms with Crippen LogP contribution >= 0.6 is 0 Å². The van der Waals surface area contributed by atoms with Gasteiger partial charge in [-0.15, -0.1) is 0 Å². The average Bonchev–Trinajstić information content (AvgIpc) is 2.97. The Bertz CT molecular complexity index is 1030. The minimum absolute atomic E-state index is 0.355. The van der Waals surface area contributed by atoms with Crippen molar-refractivity contribution in [2.75, 3.05) is 0 Å². The summed E-state index contributed by atoms with van der Waals surface area (Å²) in [5.74, 6) is -2.74. The zero-order valence-corrected chi connectivity index (χ0v) is 24.6. The predicted octanol–water partition coefficient (Wildman–Crippen LogP) is 11.8. The highest BCUT2D eigenvalue weighted by atomic mass is 19.3. The van der Waals surface area contributed by atoms with Gasteiger partial charge in [-0.2, -0.15) is 8.78 Å². The van der Waals surface area contributed by atoms with E-state index in [1.165, 1.54) is 108 Å². The molecular formula is C35H47F5O. The standard InChI is InChI=1S/C35H47F5O/c1-2-3-4-5-6-7-8-9-10-25-11-13-26(14-12-25)27-15-17-28(18-16-27)29-19-21-30(22-20-29)35(39,40)41-31-23-32(36)34(38)33(37)24-31/h19-28H,2-18H2,1H3. The van der Waals surface area contributed by atoms with Crippen molar-refractivity contribution in [3.8, 4) is 5.75 Å². The van der Waals surface area contributed by atoms with Crippen molar-refractivity contribution in [3.05, 3.63) is 65.0 Å². The second kappa shape index (κ2) is 15.4. The number of ether oxygens (including phenoxy) is 1. The van der Waals surface area contributed by atoms with Gasteiger partial charge >= 0.3 is 6.11 Å². The Kier molecular flexibility index (Phi) is 11.9. The summed E-state index contributed by atoms with van der Waals surface area (Å²) in [6.07, 6.45) is 18.7. The van der Waals surface area contributed by atoms with E-state index in [-0.39, 0.29) is 0 Å². The van der Waals surface area contributed by atoms with Crippen molar-refractivity contribution >= 4 is 0 Å². The number of hydrogen-bond acceptors (Lipinski definition) is 1. The average molecular weight is 579 g/mol. The molecule has 0 saturated heterocycles. The highest BCUT2D eigenvalue weighted by molar-refractivity contribution is 5.30. The van der Waals surface area contributed by atoms with Crippen LogP contribution in [0.3, 0.4) is 0 Å². The van der Waals surface area contributed by atoms with Crippen LogP contribution in [0, 0.1) is 35.2 Å². The lowest BCUT2D eigenvalue weighted by molar-refractivity contribution is -0.185. The van der Waals surface area contributed by atoms with Crippen LogP contribution in [0.15, 0.2) is 36.4 Å². The van der Waals surface area contributed by atoms with Gasteiger partial charge in [-0.05, 0) is 79.9 Å². The quantitative estimate of drug-likeness (QED) is 0.123. The van der Waals surface area contributed by atoms with Crippen molar-refractivity contribution in [3.63, 3.8) is 0 Å². The molecule has 0 amide bonds. The molecule has 0 aromatic heterocycles. The fourth-order valence-corrected chi connectivity index (χ4v) is 7.19. The molecule has 6 heteroatoms. The van der Waals surface area contributed by atoms with Crippen LogP contribution in [0.1, 0.15) is 133 Å². The summed E-state index contributed by atoms with van der Waals surface area (Å²) in [6.45, 7) is 2.27. The highest BCUT2D eigenvalue weighted by Crippen LogP contribution is 2.45. The second-order valence-corrected chi connectivity index (χ2v) is 12.6. The minimum Gasteiger partial charge on any atom is -0.429 e. The van der Waals surface area contributed by atoms with Crippen molar-refractivity contribution < 1.29 is 26.7 Å². The molecule has 0 aliphatic heterocycles. The van der Waals surface area contributed by atoms with Crippen LogP contribution in [-0.2, 0) is 6.11 Å². The van der Waals surface area contributed by atoms with Crippen LogP contribution in [0.4, 0.5) is 22.0 Å². The monoisotopic (exact) mass is 578 g/mol. The van der Waals surface area contributed by atoms with Gasteiger partial charge in [0.05, 0.1) is 5.56 Å². The Morgan fingerprint density at radius 1 is 0.683 bits per heavy atom. The Morgan fingerprint density at radius 2 is 1.20 bits per heavy atom. The molecule has 0 atom stereocenters. The third-order valence-electron chi connectivity index (χ3n) is 9.72. The maximum absolute atomic E-state index is 14.7. The summed E-state index contributed by atoms with van der Waals surface area (Å²) in [7, 11) is 0. The Hall–Kier alpha value is -2.11. The molecular weight excluding hydrogens is 531 g/mol. The van der Waals surface area contributed by atoms with E-state index in [1.54, 1.807) is 12.1 Å². The molecule has 2 aromatic carbocycles. The lowest BCUT2D eigenvalue weighted by atomic mass is 9.68. The van der Waals surface area contributed by atoms with Gasteiger partial charge in [0.15, 0.2) is 17.5 Å². The van der Waals surface area contributed by atoms with Gasteiger partial charge in [0, 0.05) is 12.1 Å². The Labute approximate surface area is 243 Å². The summed E-state index contributed by atoms with van der Waals surface area (Å²) in [4.78, 5) is 0. The molecule has 0 radical (unpaired) electrons. The molecule has 0 bridgehead atoms. The van der Waals surface area contributed by atoms with Gasteiger partial charge in [0.1, 0.15) is 5.75 Å². The predicted molar refractivity (Wildman–Crippen MR) is 155 cm³/mol. The molecule has 2 fully saturated rings. The normalized spacial score (nSPS) is 23.5. The first-order valence-electron chi connectivity index (χ1n) is 16.1. The van der Waals surface area contributed by atoms with Gasteiger partial charge in [0.25, 0.3) is 0 Å². The van der Waals surface area contributed by atoms with Crippen LogP contribution in [-0.4, -0.2) is 0 Å². The fourth-order valence-electron chi connectivity index (χ4n) is 7.19. The number of rotatable bonds is 14. The molecule has 2 saturated carbocycles. The number of alkyl halides is 2. The van der Waals surface area contributed by atoms with E-state index < -0.39 is 34.9 Å². The van der Waals surface area contributed by atoms with E-state index in [0.29, 0.717) is 18.1 Å². The van der Waals surface area contributed by atoms with Crippen LogP contribution in [0.5, 0.6) is 5.75 Å². The van der Waals surface area contributed by atoms with Gasteiger partial charge in [-0.3, -0.25) is 0 Å². The number of hydrogen-bond donors (Lipinski definition) is 0. The van der Waals surface area contributed by atoms with Gasteiger partial charge < -0.3 is 4.74 Å². The van der Waals surface area contributed by atoms with E-state index in [9.17, 15) is 22.0 Å². The number of unbranched alkanes of at least 4 members (excludes halogenated alkanes) is 7. The fraction of sp³-hybridized carbons (Fsp3) is 0.657. The highest BCUT2D eigenvalue weighted by Gasteiger charge is 2.36. The molecule has 0 N–H and O–H groups in total. The van der Waals surface area contributed by atoms with Gasteiger partial charge in [0.2, 0.25) is 0 Å². The first-order chi connectivity index (χ1) is 19.8. The van der Waals surface area contributed by atoms with E-state index in [2.05, 4.69) is 11.7 Å². The first kappa shape index (κ1) is 31.8. The third kappa shape index (κ3) is 9.19. The molecule has 2 aliphatic carbocycles.